The maximum atomic E-state index is 11.9. The van der Waals surface area contributed by atoms with Crippen LogP contribution < -0.4 is 9.46 Å². The molecule has 4 nitrogen and oxygen atoms in total. The first-order valence-electron chi connectivity index (χ1n) is 10.1. The smallest absolute Gasteiger partial charge is 0.257 e. The molecule has 1 N–H and O–H groups in total. The fourth-order valence-corrected chi connectivity index (χ4v) is 5.48. The van der Waals surface area contributed by atoms with Gasteiger partial charge in [-0.05, 0) is 65.8 Å². The van der Waals surface area contributed by atoms with Crippen molar-refractivity contribution in [2.24, 2.45) is 0 Å². The van der Waals surface area contributed by atoms with Crippen LogP contribution in [0.1, 0.15) is 34.8 Å². The van der Waals surface area contributed by atoms with Crippen LogP contribution >= 0.6 is 11.6 Å². The van der Waals surface area contributed by atoms with Gasteiger partial charge in [0.05, 0.1) is 4.91 Å². The Hall–Kier alpha value is -2.89. The maximum absolute atomic E-state index is 11.9. The molecule has 0 saturated heterocycles. The third kappa shape index (κ3) is 3.80. The Balaban J connectivity index is 1.39. The molecule has 3 aromatic rings. The topological polar surface area (TPSA) is 55.4 Å². The molecule has 3 aromatic carbocycles. The molecule has 0 radical (unpaired) electrons. The molecule has 1 heterocycles. The molecule has 1 amide bonds. The van der Waals surface area contributed by atoms with Crippen molar-refractivity contribution in [2.75, 3.05) is 0 Å². The van der Waals surface area contributed by atoms with Crippen LogP contribution in [-0.4, -0.2) is 10.1 Å². The van der Waals surface area contributed by atoms with Crippen molar-refractivity contribution in [2.45, 2.75) is 25.9 Å². The Morgan fingerprint density at radius 3 is 2.58 bits per heavy atom. The molecule has 31 heavy (non-hydrogen) atoms. The van der Waals surface area contributed by atoms with Crippen LogP contribution in [0.2, 0.25) is 5.02 Å². The highest BCUT2D eigenvalue weighted by Crippen LogP contribution is 2.42. The molecule has 0 saturated carbocycles. The van der Waals surface area contributed by atoms with Gasteiger partial charge in [-0.25, -0.2) is 4.21 Å². The number of nitrogens with one attached hydrogen (secondary N) is 1. The zero-order valence-corrected chi connectivity index (χ0v) is 18.4. The average molecular weight is 450 g/mol. The Morgan fingerprint density at radius 1 is 1.06 bits per heavy atom. The zero-order valence-electron chi connectivity index (χ0n) is 16.9. The lowest BCUT2D eigenvalue weighted by Gasteiger charge is -2.16. The van der Waals surface area contributed by atoms with Crippen molar-refractivity contribution in [3.05, 3.63) is 94.0 Å². The molecule has 6 heteroatoms. The number of rotatable bonds is 4. The molecule has 5 rings (SSSR count). The minimum Gasteiger partial charge on any atom is -0.486 e. The van der Waals surface area contributed by atoms with E-state index in [0.717, 1.165) is 45.9 Å². The second-order valence-electron chi connectivity index (χ2n) is 7.77. The van der Waals surface area contributed by atoms with E-state index in [4.69, 9.17) is 16.3 Å². The van der Waals surface area contributed by atoms with Crippen LogP contribution in [0, 0.1) is 6.92 Å². The molecular weight excluding hydrogens is 430 g/mol. The summed E-state index contributed by atoms with van der Waals surface area (Å²) in [4.78, 5) is 11.9. The van der Waals surface area contributed by atoms with E-state index < -0.39 is 11.0 Å². The Kier molecular flexibility index (Phi) is 5.16. The van der Waals surface area contributed by atoms with Crippen molar-refractivity contribution in [1.82, 2.24) is 4.72 Å². The number of ether oxygens (including phenoxy) is 1. The van der Waals surface area contributed by atoms with Gasteiger partial charge in [0.15, 0.2) is 11.0 Å². The van der Waals surface area contributed by atoms with Crippen LogP contribution in [0.15, 0.2) is 66.7 Å². The fourth-order valence-electron chi connectivity index (χ4n) is 4.23. The molecule has 0 aromatic heterocycles. The van der Waals surface area contributed by atoms with Gasteiger partial charge in [0, 0.05) is 16.7 Å². The Labute approximate surface area is 188 Å². The van der Waals surface area contributed by atoms with Gasteiger partial charge in [0.25, 0.3) is 5.91 Å². The van der Waals surface area contributed by atoms with Crippen molar-refractivity contribution >= 4 is 33.4 Å². The van der Waals surface area contributed by atoms with E-state index in [9.17, 15) is 9.00 Å². The molecule has 1 aliphatic carbocycles. The van der Waals surface area contributed by atoms with Gasteiger partial charge in [0.1, 0.15) is 11.9 Å². The van der Waals surface area contributed by atoms with Gasteiger partial charge in [-0.3, -0.25) is 9.52 Å². The van der Waals surface area contributed by atoms with Crippen molar-refractivity contribution in [3.63, 3.8) is 0 Å². The van der Waals surface area contributed by atoms with Gasteiger partial charge in [-0.15, -0.1) is 0 Å². The molecule has 1 aliphatic heterocycles. The van der Waals surface area contributed by atoms with Crippen LogP contribution in [0.25, 0.3) is 16.0 Å². The minimum absolute atomic E-state index is 0.0342. The molecule has 0 bridgehead atoms. The predicted molar refractivity (Wildman–Crippen MR) is 124 cm³/mol. The number of hydrogen-bond donors (Lipinski definition) is 1. The molecule has 2 atom stereocenters. The number of hydrogen-bond acceptors (Lipinski definition) is 3. The highest BCUT2D eigenvalue weighted by molar-refractivity contribution is 7.93. The van der Waals surface area contributed by atoms with Crippen molar-refractivity contribution < 1.29 is 13.7 Å². The van der Waals surface area contributed by atoms with E-state index in [1.165, 1.54) is 17.2 Å². The number of amides is 1. The highest BCUT2D eigenvalue weighted by atomic mass is 35.5. The van der Waals surface area contributed by atoms with E-state index in [1.54, 1.807) is 0 Å². The summed E-state index contributed by atoms with van der Waals surface area (Å²) in [6.07, 6.45) is 3.16. The first-order valence-corrected chi connectivity index (χ1v) is 11.6. The first-order chi connectivity index (χ1) is 15.0. The second-order valence-corrected chi connectivity index (χ2v) is 9.36. The molecule has 156 valence electrons. The molecular formula is C25H20ClNO3S. The van der Waals surface area contributed by atoms with Crippen LogP contribution in [0.4, 0.5) is 0 Å². The van der Waals surface area contributed by atoms with E-state index in [2.05, 4.69) is 35.1 Å². The summed E-state index contributed by atoms with van der Waals surface area (Å²) in [6, 6.07) is 19.8. The summed E-state index contributed by atoms with van der Waals surface area (Å²) in [5.41, 5.74) is 6.57. The van der Waals surface area contributed by atoms with Crippen molar-refractivity contribution in [1.29, 1.82) is 0 Å². The monoisotopic (exact) mass is 449 g/mol. The number of carbonyl (C=O) groups is 1. The van der Waals surface area contributed by atoms with Crippen LogP contribution in [-0.2, 0) is 22.2 Å². The standard InChI is InChI=1S/C25H20ClNO3S/c1-15-5-10-20(22(26)13-15)18-3-2-4-21-19(18)11-12-23(21)30-17-8-6-16(7-9-17)24-14-25(28)27-31(24)29/h2-10,13-14,23H,11-12H2,1H3,(H,27,28)/t23-,31?/m1/s1. The average Bonchev–Trinajstić information content (AvgIpc) is 3.31. The largest absolute Gasteiger partial charge is 0.486 e. The van der Waals surface area contributed by atoms with Gasteiger partial charge >= 0.3 is 0 Å². The number of carbonyl (C=O) groups excluding carboxylic acids is 1. The first kappa shape index (κ1) is 20.0. The SMILES string of the molecule is Cc1ccc(-c2cccc3c2CC[C@H]3Oc2ccc(C3=CC(=O)NS3=O)cc2)c(Cl)c1. The lowest BCUT2D eigenvalue weighted by molar-refractivity contribution is -0.114. The number of fused-ring (bicyclic) bond motifs is 1. The summed E-state index contributed by atoms with van der Waals surface area (Å²) < 4.78 is 20.6. The zero-order chi connectivity index (χ0) is 21.5. The summed E-state index contributed by atoms with van der Waals surface area (Å²) >= 11 is 6.54. The van der Waals surface area contributed by atoms with Crippen LogP contribution in [0.3, 0.4) is 0 Å². The third-order valence-corrected chi connectivity index (χ3v) is 7.16. The van der Waals surface area contributed by atoms with Crippen molar-refractivity contribution in [3.8, 4) is 16.9 Å². The summed E-state index contributed by atoms with van der Waals surface area (Å²) in [6.45, 7) is 2.04. The van der Waals surface area contributed by atoms with Crippen LogP contribution in [0.5, 0.6) is 5.75 Å². The molecule has 0 spiro atoms. The minimum atomic E-state index is -1.50. The molecule has 1 unspecified atom stereocenters. The van der Waals surface area contributed by atoms with E-state index in [-0.39, 0.29) is 12.0 Å². The summed E-state index contributed by atoms with van der Waals surface area (Å²) in [7, 11) is -1.50. The predicted octanol–water partition coefficient (Wildman–Crippen LogP) is 5.52. The highest BCUT2D eigenvalue weighted by Gasteiger charge is 2.27. The van der Waals surface area contributed by atoms with E-state index in [1.807, 2.05) is 37.3 Å². The normalized spacial score (nSPS) is 19.7. The lowest BCUT2D eigenvalue weighted by Crippen LogP contribution is -2.16. The molecule has 0 fully saturated rings. The van der Waals surface area contributed by atoms with E-state index >= 15 is 0 Å². The fraction of sp³-hybridized carbons (Fsp3) is 0.160. The Bertz CT molecular complexity index is 1250. The number of aryl methyl sites for hydroxylation is 1. The number of benzene rings is 3. The third-order valence-electron chi connectivity index (χ3n) is 5.70. The summed E-state index contributed by atoms with van der Waals surface area (Å²) in [5.74, 6) is 0.407. The molecule has 2 aliphatic rings. The quantitative estimate of drug-likeness (QED) is 0.570. The van der Waals surface area contributed by atoms with Gasteiger partial charge < -0.3 is 4.74 Å². The number of halogens is 1. The lowest BCUT2D eigenvalue weighted by atomic mass is 9.96. The van der Waals surface area contributed by atoms with Gasteiger partial charge in [-0.1, -0.05) is 54.1 Å². The van der Waals surface area contributed by atoms with E-state index in [0.29, 0.717) is 4.91 Å². The van der Waals surface area contributed by atoms with Gasteiger partial charge in [0.2, 0.25) is 0 Å². The second kappa shape index (κ2) is 7.98. The van der Waals surface area contributed by atoms with Gasteiger partial charge in [-0.2, -0.15) is 0 Å². The summed E-state index contributed by atoms with van der Waals surface area (Å²) in [5, 5.41) is 0.764. The maximum Gasteiger partial charge on any atom is 0.257 e. The Morgan fingerprint density at radius 2 is 1.87 bits per heavy atom.